The lowest BCUT2D eigenvalue weighted by Gasteiger charge is -2.15. The number of nitrogens with one attached hydrogen (secondary N) is 2. The van der Waals surface area contributed by atoms with Crippen LogP contribution in [0.5, 0.6) is 23.0 Å². The fraction of sp³-hybridized carbons (Fsp3) is 0.250. The van der Waals surface area contributed by atoms with Gasteiger partial charge in [-0.05, 0) is 30.3 Å². The third-order valence-corrected chi connectivity index (χ3v) is 5.01. The number of methoxy groups -OCH3 is 1. The molecule has 4 N–H and O–H groups in total. The van der Waals surface area contributed by atoms with Crippen molar-refractivity contribution >= 4 is 21.8 Å². The molecule has 0 aliphatic heterocycles. The molecule has 0 saturated carbocycles. The smallest absolute Gasteiger partial charge is 0.161 e. The zero-order valence-electron chi connectivity index (χ0n) is 17.3. The lowest BCUT2D eigenvalue weighted by molar-refractivity contribution is 0.106. The highest BCUT2D eigenvalue weighted by Crippen LogP contribution is 2.36. The first-order valence-corrected chi connectivity index (χ1v) is 10.2. The number of hydrogen-bond donors (Lipinski definition) is 4. The molecule has 4 rings (SSSR count). The fourth-order valence-electron chi connectivity index (χ4n) is 3.53. The van der Waals surface area contributed by atoms with E-state index in [0.29, 0.717) is 42.5 Å². The maximum Gasteiger partial charge on any atom is 0.161 e. The Balaban J connectivity index is 1.28. The summed E-state index contributed by atoms with van der Waals surface area (Å²) in [5, 5.41) is 25.3. The Hall–Kier alpha value is -3.42. The van der Waals surface area contributed by atoms with Crippen molar-refractivity contribution in [3.05, 3.63) is 60.7 Å². The second kappa shape index (κ2) is 9.59. The van der Waals surface area contributed by atoms with Gasteiger partial charge in [-0.3, -0.25) is 0 Å². The van der Waals surface area contributed by atoms with Gasteiger partial charge < -0.3 is 34.7 Å². The topological polar surface area (TPSA) is 96.0 Å². The zero-order chi connectivity index (χ0) is 21.6. The van der Waals surface area contributed by atoms with Gasteiger partial charge in [-0.25, -0.2) is 0 Å². The molecule has 3 aromatic carbocycles. The molecule has 162 valence electrons. The molecule has 1 unspecified atom stereocenters. The van der Waals surface area contributed by atoms with Crippen LogP contribution >= 0.6 is 0 Å². The molecule has 7 heteroatoms. The van der Waals surface area contributed by atoms with E-state index in [4.69, 9.17) is 14.2 Å². The van der Waals surface area contributed by atoms with Gasteiger partial charge in [-0.1, -0.05) is 30.3 Å². The van der Waals surface area contributed by atoms with Gasteiger partial charge in [0.05, 0.1) is 18.1 Å². The summed E-state index contributed by atoms with van der Waals surface area (Å²) in [4.78, 5) is 3.22. The second-order valence-corrected chi connectivity index (χ2v) is 7.17. The molecule has 0 amide bonds. The predicted octanol–water partition coefficient (Wildman–Crippen LogP) is 3.44. The van der Waals surface area contributed by atoms with Crippen molar-refractivity contribution < 1.29 is 24.4 Å². The van der Waals surface area contributed by atoms with E-state index in [-0.39, 0.29) is 12.4 Å². The number of aromatic nitrogens is 1. The van der Waals surface area contributed by atoms with Gasteiger partial charge in [0, 0.05) is 23.9 Å². The number of hydrogen-bond acceptors (Lipinski definition) is 6. The van der Waals surface area contributed by atoms with Crippen LogP contribution in [0.15, 0.2) is 60.7 Å². The van der Waals surface area contributed by atoms with Gasteiger partial charge >= 0.3 is 0 Å². The van der Waals surface area contributed by atoms with Crippen LogP contribution in [0.25, 0.3) is 21.8 Å². The molecular formula is C24H26N2O5. The number of phenols is 1. The first-order chi connectivity index (χ1) is 15.2. The maximum absolute atomic E-state index is 10.3. The van der Waals surface area contributed by atoms with Gasteiger partial charge in [-0.2, -0.15) is 0 Å². The van der Waals surface area contributed by atoms with Crippen LogP contribution in [-0.4, -0.2) is 54.7 Å². The van der Waals surface area contributed by atoms with Crippen LogP contribution in [0.1, 0.15) is 0 Å². The normalized spacial score (nSPS) is 12.2. The van der Waals surface area contributed by atoms with Crippen LogP contribution in [0, 0.1) is 0 Å². The van der Waals surface area contributed by atoms with Crippen molar-refractivity contribution in [2.75, 3.05) is 33.4 Å². The summed E-state index contributed by atoms with van der Waals surface area (Å²) in [7, 11) is 1.61. The number of aromatic hydroxyl groups is 1. The molecule has 0 aliphatic rings. The number of aromatic amines is 1. The number of ether oxygens (including phenoxy) is 3. The largest absolute Gasteiger partial charge is 0.506 e. The average Bonchev–Trinajstić information content (AvgIpc) is 3.18. The van der Waals surface area contributed by atoms with Gasteiger partial charge in [0.25, 0.3) is 0 Å². The van der Waals surface area contributed by atoms with Crippen LogP contribution in [0.4, 0.5) is 0 Å². The number of aliphatic hydroxyl groups is 1. The Kier molecular flexibility index (Phi) is 6.45. The number of H-pyrrole nitrogens is 1. The number of para-hydroxylation sites is 3. The standard InChI is InChI=1S/C24H26N2O5/c1-29-20-9-2-3-10-21(20)30-13-12-25-14-16(27)15-31-22-11-5-7-18-23(22)17-6-4-8-19(28)24(17)26-18/h2-11,16,25-28H,12-15H2,1H3. The second-order valence-electron chi connectivity index (χ2n) is 7.17. The number of phenolic OH excluding ortho intramolecular Hbond substituents is 1. The molecule has 0 radical (unpaired) electrons. The Morgan fingerprint density at radius 1 is 0.935 bits per heavy atom. The molecule has 0 bridgehead atoms. The van der Waals surface area contributed by atoms with Crippen LogP contribution in [0.3, 0.4) is 0 Å². The van der Waals surface area contributed by atoms with E-state index in [9.17, 15) is 10.2 Å². The number of aliphatic hydroxyl groups excluding tert-OH is 1. The summed E-state index contributed by atoms with van der Waals surface area (Å²) < 4.78 is 16.9. The van der Waals surface area contributed by atoms with Crippen molar-refractivity contribution in [2.45, 2.75) is 6.10 Å². The Labute approximate surface area is 180 Å². The van der Waals surface area contributed by atoms with Crippen LogP contribution in [-0.2, 0) is 0 Å². The van der Waals surface area contributed by atoms with Crippen molar-refractivity contribution in [1.29, 1.82) is 0 Å². The first kappa shape index (κ1) is 20.8. The van der Waals surface area contributed by atoms with Crippen molar-refractivity contribution in [3.63, 3.8) is 0 Å². The molecule has 1 aromatic heterocycles. The first-order valence-electron chi connectivity index (χ1n) is 10.2. The monoisotopic (exact) mass is 422 g/mol. The quantitative estimate of drug-likeness (QED) is 0.293. The minimum absolute atomic E-state index is 0.144. The molecule has 31 heavy (non-hydrogen) atoms. The van der Waals surface area contributed by atoms with E-state index in [1.165, 1.54) is 0 Å². The molecular weight excluding hydrogens is 396 g/mol. The maximum atomic E-state index is 10.3. The van der Waals surface area contributed by atoms with Crippen molar-refractivity contribution in [1.82, 2.24) is 10.3 Å². The molecule has 4 aromatic rings. The third kappa shape index (κ3) is 4.68. The Bertz CT molecular complexity index is 1160. The zero-order valence-corrected chi connectivity index (χ0v) is 17.3. The van der Waals surface area contributed by atoms with E-state index < -0.39 is 6.10 Å². The van der Waals surface area contributed by atoms with E-state index in [0.717, 1.165) is 16.3 Å². The van der Waals surface area contributed by atoms with E-state index >= 15 is 0 Å². The summed E-state index contributed by atoms with van der Waals surface area (Å²) in [6.45, 7) is 1.55. The van der Waals surface area contributed by atoms with Crippen molar-refractivity contribution in [2.24, 2.45) is 0 Å². The van der Waals surface area contributed by atoms with E-state index in [2.05, 4.69) is 10.3 Å². The van der Waals surface area contributed by atoms with Gasteiger partial charge in [0.1, 0.15) is 30.8 Å². The van der Waals surface area contributed by atoms with Crippen LogP contribution in [0.2, 0.25) is 0 Å². The van der Waals surface area contributed by atoms with E-state index in [1.807, 2.05) is 48.5 Å². The number of rotatable bonds is 10. The molecule has 0 fully saturated rings. The summed E-state index contributed by atoms with van der Waals surface area (Å²) in [6.07, 6.45) is -0.680. The van der Waals surface area contributed by atoms with Gasteiger partial charge in [0.15, 0.2) is 11.5 Å². The van der Waals surface area contributed by atoms with Crippen LogP contribution < -0.4 is 19.5 Å². The molecule has 0 aliphatic carbocycles. The lowest BCUT2D eigenvalue weighted by atomic mass is 10.1. The SMILES string of the molecule is COc1ccccc1OCCNCC(O)COc1cccc2[nH]c3c(O)cccc3c12. The van der Waals surface area contributed by atoms with E-state index in [1.54, 1.807) is 19.2 Å². The molecule has 0 saturated heterocycles. The minimum Gasteiger partial charge on any atom is -0.506 e. The number of fused-ring (bicyclic) bond motifs is 3. The molecule has 1 atom stereocenters. The summed E-state index contributed by atoms with van der Waals surface area (Å²) >= 11 is 0. The molecule has 0 spiro atoms. The Morgan fingerprint density at radius 3 is 2.55 bits per heavy atom. The highest BCUT2D eigenvalue weighted by Gasteiger charge is 2.13. The van der Waals surface area contributed by atoms with Gasteiger partial charge in [0.2, 0.25) is 0 Å². The number of benzene rings is 3. The molecule has 7 nitrogen and oxygen atoms in total. The lowest BCUT2D eigenvalue weighted by Crippen LogP contribution is -2.33. The Morgan fingerprint density at radius 2 is 1.71 bits per heavy atom. The summed E-state index contributed by atoms with van der Waals surface area (Å²) in [5.74, 6) is 2.23. The minimum atomic E-state index is -0.680. The third-order valence-electron chi connectivity index (χ3n) is 5.01. The summed E-state index contributed by atoms with van der Waals surface area (Å²) in [6, 6.07) is 18.5. The highest BCUT2D eigenvalue weighted by molar-refractivity contribution is 6.11. The average molecular weight is 422 g/mol. The fourth-order valence-corrected chi connectivity index (χ4v) is 3.53. The van der Waals surface area contributed by atoms with Crippen molar-refractivity contribution in [3.8, 4) is 23.0 Å². The summed E-state index contributed by atoms with van der Waals surface area (Å²) in [5.41, 5.74) is 1.54. The van der Waals surface area contributed by atoms with Gasteiger partial charge in [-0.15, -0.1) is 0 Å². The predicted molar refractivity (Wildman–Crippen MR) is 120 cm³/mol. The highest BCUT2D eigenvalue weighted by atomic mass is 16.5. The molecule has 1 heterocycles.